The minimum atomic E-state index is -0.887. The fourth-order valence-corrected chi connectivity index (χ4v) is 2.71. The number of hydrogen-bond acceptors (Lipinski definition) is 3. The van der Waals surface area contributed by atoms with Crippen molar-refractivity contribution in [1.82, 2.24) is 9.55 Å². The van der Waals surface area contributed by atoms with Crippen molar-refractivity contribution in [3.05, 3.63) is 27.4 Å². The van der Waals surface area contributed by atoms with E-state index in [9.17, 15) is 9.59 Å². The lowest BCUT2D eigenvalue weighted by Gasteiger charge is -2.27. The van der Waals surface area contributed by atoms with Crippen LogP contribution in [0.2, 0.25) is 0 Å². The van der Waals surface area contributed by atoms with E-state index in [0.29, 0.717) is 23.7 Å². The van der Waals surface area contributed by atoms with Crippen LogP contribution in [0.1, 0.15) is 49.1 Å². The molecule has 1 saturated carbocycles. The van der Waals surface area contributed by atoms with Crippen LogP contribution in [0.15, 0.2) is 4.79 Å². The average molecular weight is 264 g/mol. The van der Waals surface area contributed by atoms with E-state index in [1.165, 1.54) is 6.42 Å². The number of hydrogen-bond donors (Lipinski definition) is 1. The second-order valence-corrected chi connectivity index (χ2v) is 5.45. The predicted molar refractivity (Wildman–Crippen MR) is 71.4 cm³/mol. The van der Waals surface area contributed by atoms with Gasteiger partial charge in [0.15, 0.2) is 0 Å². The zero-order chi connectivity index (χ0) is 14.2. The third kappa shape index (κ3) is 2.55. The van der Waals surface area contributed by atoms with Crippen LogP contribution >= 0.6 is 0 Å². The molecule has 0 spiro atoms. The van der Waals surface area contributed by atoms with Gasteiger partial charge in [-0.3, -0.25) is 9.36 Å². The molecule has 2 rings (SSSR count). The number of rotatable bonds is 4. The quantitative estimate of drug-likeness (QED) is 0.900. The summed E-state index contributed by atoms with van der Waals surface area (Å²) in [6.45, 7) is 5.83. The zero-order valence-electron chi connectivity index (χ0n) is 11.6. The molecular weight excluding hydrogens is 244 g/mol. The summed E-state index contributed by atoms with van der Waals surface area (Å²) in [5, 5.41) is 9.17. The van der Waals surface area contributed by atoms with E-state index in [4.69, 9.17) is 5.11 Å². The van der Waals surface area contributed by atoms with Gasteiger partial charge in [0.05, 0.1) is 5.92 Å². The molecule has 1 unspecified atom stereocenters. The largest absolute Gasteiger partial charge is 0.481 e. The highest BCUT2D eigenvalue weighted by Crippen LogP contribution is 2.29. The SMILES string of the molecule is Cc1nc(=O)n(CC2CCC2)c(C)c1C(C)C(=O)O. The first-order valence-corrected chi connectivity index (χ1v) is 6.72. The van der Waals surface area contributed by atoms with E-state index in [1.807, 2.05) is 6.92 Å². The van der Waals surface area contributed by atoms with Gasteiger partial charge in [0, 0.05) is 23.5 Å². The highest BCUT2D eigenvalue weighted by molar-refractivity contribution is 5.76. The summed E-state index contributed by atoms with van der Waals surface area (Å²) in [4.78, 5) is 27.2. The normalized spacial score (nSPS) is 17.0. The smallest absolute Gasteiger partial charge is 0.347 e. The number of aliphatic carboxylic acids is 1. The van der Waals surface area contributed by atoms with Crippen molar-refractivity contribution in [2.75, 3.05) is 0 Å². The fourth-order valence-electron chi connectivity index (χ4n) is 2.71. The van der Waals surface area contributed by atoms with Crippen molar-refractivity contribution in [1.29, 1.82) is 0 Å². The molecule has 1 aromatic rings. The van der Waals surface area contributed by atoms with E-state index in [0.717, 1.165) is 18.5 Å². The van der Waals surface area contributed by atoms with Gasteiger partial charge < -0.3 is 5.11 Å². The molecular formula is C14H20N2O3. The van der Waals surface area contributed by atoms with Gasteiger partial charge in [0.25, 0.3) is 0 Å². The molecule has 5 heteroatoms. The molecule has 1 atom stereocenters. The summed E-state index contributed by atoms with van der Waals surface area (Å²) in [5.74, 6) is -0.989. The summed E-state index contributed by atoms with van der Waals surface area (Å²) in [7, 11) is 0. The van der Waals surface area contributed by atoms with Crippen molar-refractivity contribution >= 4 is 5.97 Å². The Morgan fingerprint density at radius 3 is 2.58 bits per heavy atom. The summed E-state index contributed by atoms with van der Waals surface area (Å²) < 4.78 is 1.64. The van der Waals surface area contributed by atoms with Gasteiger partial charge in [0.2, 0.25) is 0 Å². The number of nitrogens with zero attached hydrogens (tertiary/aromatic N) is 2. The molecule has 104 valence electrons. The third-order valence-corrected chi connectivity index (χ3v) is 4.15. The Kier molecular flexibility index (Phi) is 3.73. The summed E-state index contributed by atoms with van der Waals surface area (Å²) in [6, 6.07) is 0. The molecule has 0 saturated heterocycles. The van der Waals surface area contributed by atoms with Crippen LogP contribution in [-0.2, 0) is 11.3 Å². The van der Waals surface area contributed by atoms with E-state index in [-0.39, 0.29) is 5.69 Å². The molecule has 0 radical (unpaired) electrons. The molecule has 19 heavy (non-hydrogen) atoms. The van der Waals surface area contributed by atoms with Crippen LogP contribution in [0.4, 0.5) is 0 Å². The second-order valence-electron chi connectivity index (χ2n) is 5.45. The predicted octanol–water partition coefficient (Wildman–Crippen LogP) is 1.85. The number of aromatic nitrogens is 2. The van der Waals surface area contributed by atoms with Crippen molar-refractivity contribution < 1.29 is 9.90 Å². The molecule has 1 N–H and O–H groups in total. The standard InChI is InChI=1S/C14H20N2O3/c1-8(13(17)18)12-9(2)15-14(19)16(10(12)3)7-11-5-4-6-11/h8,11H,4-7H2,1-3H3,(H,17,18). The lowest BCUT2D eigenvalue weighted by Crippen LogP contribution is -2.33. The summed E-state index contributed by atoms with van der Waals surface area (Å²) in [5.41, 5.74) is 1.69. The van der Waals surface area contributed by atoms with Gasteiger partial charge in [-0.15, -0.1) is 0 Å². The van der Waals surface area contributed by atoms with E-state index < -0.39 is 11.9 Å². The Morgan fingerprint density at radius 1 is 1.47 bits per heavy atom. The van der Waals surface area contributed by atoms with Crippen LogP contribution in [0.3, 0.4) is 0 Å². The molecule has 0 aromatic carbocycles. The van der Waals surface area contributed by atoms with Gasteiger partial charge in [-0.2, -0.15) is 4.98 Å². The molecule has 1 heterocycles. The summed E-state index contributed by atoms with van der Waals surface area (Å²) in [6.07, 6.45) is 3.50. The Bertz CT molecular complexity index is 559. The van der Waals surface area contributed by atoms with E-state index >= 15 is 0 Å². The molecule has 1 aliphatic carbocycles. The first kappa shape index (κ1) is 13.8. The molecule has 0 amide bonds. The summed E-state index contributed by atoms with van der Waals surface area (Å²) >= 11 is 0. The molecule has 0 aliphatic heterocycles. The van der Waals surface area contributed by atoms with Crippen LogP contribution in [0.5, 0.6) is 0 Å². The van der Waals surface area contributed by atoms with E-state index in [1.54, 1.807) is 18.4 Å². The number of carboxylic acid groups (broad SMARTS) is 1. The maximum atomic E-state index is 12.0. The third-order valence-electron chi connectivity index (χ3n) is 4.15. The van der Waals surface area contributed by atoms with Crippen LogP contribution in [0, 0.1) is 19.8 Å². The Labute approximate surface area is 112 Å². The molecule has 0 bridgehead atoms. The fraction of sp³-hybridized carbons (Fsp3) is 0.643. The van der Waals surface area contributed by atoms with E-state index in [2.05, 4.69) is 4.98 Å². The lowest BCUT2D eigenvalue weighted by atomic mass is 9.85. The van der Waals surface area contributed by atoms with Crippen LogP contribution in [-0.4, -0.2) is 20.6 Å². The maximum absolute atomic E-state index is 12.0. The molecule has 1 aromatic heterocycles. The lowest BCUT2D eigenvalue weighted by molar-refractivity contribution is -0.138. The molecule has 5 nitrogen and oxygen atoms in total. The highest BCUT2D eigenvalue weighted by Gasteiger charge is 2.24. The minimum Gasteiger partial charge on any atom is -0.481 e. The Morgan fingerprint density at radius 2 is 2.11 bits per heavy atom. The van der Waals surface area contributed by atoms with Gasteiger partial charge >= 0.3 is 11.7 Å². The number of carbonyl (C=O) groups is 1. The average Bonchev–Trinajstić information content (AvgIpc) is 2.25. The Hall–Kier alpha value is -1.65. The maximum Gasteiger partial charge on any atom is 0.347 e. The topological polar surface area (TPSA) is 72.2 Å². The first-order valence-electron chi connectivity index (χ1n) is 6.72. The highest BCUT2D eigenvalue weighted by atomic mass is 16.4. The first-order chi connectivity index (χ1) is 8.91. The van der Waals surface area contributed by atoms with Gasteiger partial charge in [-0.1, -0.05) is 6.42 Å². The van der Waals surface area contributed by atoms with Crippen molar-refractivity contribution in [3.63, 3.8) is 0 Å². The van der Waals surface area contributed by atoms with Gasteiger partial charge in [-0.25, -0.2) is 4.79 Å². The van der Waals surface area contributed by atoms with Crippen LogP contribution < -0.4 is 5.69 Å². The monoisotopic (exact) mass is 264 g/mol. The van der Waals surface area contributed by atoms with Gasteiger partial charge in [-0.05, 0) is 39.5 Å². The van der Waals surface area contributed by atoms with Crippen LogP contribution in [0.25, 0.3) is 0 Å². The molecule has 1 aliphatic rings. The second kappa shape index (κ2) is 5.15. The number of aryl methyl sites for hydroxylation is 1. The molecule has 1 fully saturated rings. The van der Waals surface area contributed by atoms with Crippen molar-refractivity contribution in [2.24, 2.45) is 5.92 Å². The van der Waals surface area contributed by atoms with Crippen molar-refractivity contribution in [3.8, 4) is 0 Å². The van der Waals surface area contributed by atoms with Crippen molar-refractivity contribution in [2.45, 2.75) is 52.5 Å². The zero-order valence-corrected chi connectivity index (χ0v) is 11.6. The number of carboxylic acids is 1. The minimum absolute atomic E-state index is 0.261. The van der Waals surface area contributed by atoms with Gasteiger partial charge in [0.1, 0.15) is 0 Å². The Balaban J connectivity index is 2.45.